The van der Waals surface area contributed by atoms with E-state index in [1.165, 1.54) is 0 Å². The highest BCUT2D eigenvalue weighted by Crippen LogP contribution is 2.36. The minimum absolute atomic E-state index is 0.204. The van der Waals surface area contributed by atoms with Gasteiger partial charge in [-0.2, -0.15) is 4.98 Å². The number of nitrogens with two attached hydrogens (primary N) is 1. The molecule has 5 nitrogen and oxygen atoms in total. The van der Waals surface area contributed by atoms with Gasteiger partial charge in [-0.25, -0.2) is 0 Å². The summed E-state index contributed by atoms with van der Waals surface area (Å²) in [6.07, 6.45) is 0.546. The van der Waals surface area contributed by atoms with Crippen LogP contribution in [-0.2, 0) is 6.42 Å². The first kappa shape index (κ1) is 12.0. The van der Waals surface area contributed by atoms with Gasteiger partial charge < -0.3 is 15.0 Å². The van der Waals surface area contributed by atoms with Gasteiger partial charge in [0, 0.05) is 12.1 Å². The standard InChI is InChI=1S/C16H13N3O2/c17-12-7-3-2-6-11(12)16-18-15(19-21-16)14-9-10-5-1-4-8-13(10)20-14/h1-8,14H,9,17H2. The number of nitrogens with zero attached hydrogens (tertiary/aromatic N) is 2. The topological polar surface area (TPSA) is 74.2 Å². The summed E-state index contributed by atoms with van der Waals surface area (Å²) < 4.78 is 11.2. The SMILES string of the molecule is Nc1ccccc1-c1nc(C2Cc3ccccc3O2)no1. The van der Waals surface area contributed by atoms with E-state index >= 15 is 0 Å². The second-order valence-corrected chi connectivity index (χ2v) is 4.96. The zero-order valence-corrected chi connectivity index (χ0v) is 11.2. The average molecular weight is 279 g/mol. The lowest BCUT2D eigenvalue weighted by molar-refractivity contribution is 0.221. The van der Waals surface area contributed by atoms with Gasteiger partial charge >= 0.3 is 0 Å². The van der Waals surface area contributed by atoms with E-state index < -0.39 is 0 Å². The van der Waals surface area contributed by atoms with Crippen molar-refractivity contribution in [2.24, 2.45) is 0 Å². The summed E-state index contributed by atoms with van der Waals surface area (Å²) in [6, 6.07) is 15.4. The third kappa shape index (κ3) is 2.03. The van der Waals surface area contributed by atoms with Crippen LogP contribution in [0.3, 0.4) is 0 Å². The van der Waals surface area contributed by atoms with Crippen molar-refractivity contribution in [1.82, 2.24) is 10.1 Å². The maximum atomic E-state index is 5.93. The van der Waals surface area contributed by atoms with Crippen LogP contribution < -0.4 is 10.5 Å². The average Bonchev–Trinajstić information content (AvgIpc) is 3.14. The van der Waals surface area contributed by atoms with Gasteiger partial charge in [-0.15, -0.1) is 0 Å². The van der Waals surface area contributed by atoms with Gasteiger partial charge in [-0.1, -0.05) is 35.5 Å². The van der Waals surface area contributed by atoms with Gasteiger partial charge in [-0.05, 0) is 23.8 Å². The number of anilines is 1. The molecule has 0 amide bonds. The smallest absolute Gasteiger partial charge is 0.260 e. The number of para-hydroxylation sites is 2. The maximum absolute atomic E-state index is 5.93. The quantitative estimate of drug-likeness (QED) is 0.730. The van der Waals surface area contributed by atoms with Crippen LogP contribution in [0.1, 0.15) is 17.5 Å². The molecular weight excluding hydrogens is 266 g/mol. The van der Waals surface area contributed by atoms with Crippen molar-refractivity contribution in [3.8, 4) is 17.2 Å². The molecule has 0 radical (unpaired) electrons. The zero-order chi connectivity index (χ0) is 14.2. The molecule has 5 heteroatoms. The van der Waals surface area contributed by atoms with Crippen LogP contribution in [0.4, 0.5) is 5.69 Å². The number of nitrogen functional groups attached to an aromatic ring is 1. The molecule has 0 bridgehead atoms. The molecule has 104 valence electrons. The molecule has 0 saturated carbocycles. The van der Waals surface area contributed by atoms with Gasteiger partial charge in [0.25, 0.3) is 5.89 Å². The van der Waals surface area contributed by atoms with Crippen molar-refractivity contribution < 1.29 is 9.26 Å². The van der Waals surface area contributed by atoms with Crippen molar-refractivity contribution in [3.05, 3.63) is 59.9 Å². The first-order chi connectivity index (χ1) is 10.3. The third-order valence-corrected chi connectivity index (χ3v) is 3.57. The van der Waals surface area contributed by atoms with Gasteiger partial charge in [0.05, 0.1) is 5.56 Å². The highest BCUT2D eigenvalue weighted by atomic mass is 16.5. The van der Waals surface area contributed by atoms with E-state index in [9.17, 15) is 0 Å². The van der Waals surface area contributed by atoms with Crippen molar-refractivity contribution in [2.45, 2.75) is 12.5 Å². The molecule has 21 heavy (non-hydrogen) atoms. The molecular formula is C16H13N3O2. The zero-order valence-electron chi connectivity index (χ0n) is 11.2. The van der Waals surface area contributed by atoms with Gasteiger partial charge in [-0.3, -0.25) is 0 Å². The number of hydrogen-bond donors (Lipinski definition) is 1. The van der Waals surface area contributed by atoms with Gasteiger partial charge in [0.1, 0.15) is 5.75 Å². The number of aromatic nitrogens is 2. The highest BCUT2D eigenvalue weighted by molar-refractivity contribution is 5.69. The summed E-state index contributed by atoms with van der Waals surface area (Å²) >= 11 is 0. The Balaban J connectivity index is 1.63. The van der Waals surface area contributed by atoms with E-state index in [1.54, 1.807) is 6.07 Å². The molecule has 3 aromatic rings. The molecule has 2 heterocycles. The molecule has 4 rings (SSSR count). The van der Waals surface area contributed by atoms with E-state index in [1.807, 2.05) is 42.5 Å². The Morgan fingerprint density at radius 3 is 2.71 bits per heavy atom. The van der Waals surface area contributed by atoms with Crippen molar-refractivity contribution in [1.29, 1.82) is 0 Å². The van der Waals surface area contributed by atoms with Crippen LogP contribution >= 0.6 is 0 Å². The fourth-order valence-electron chi connectivity index (χ4n) is 2.49. The summed E-state index contributed by atoms with van der Waals surface area (Å²) in [5.41, 5.74) is 8.44. The summed E-state index contributed by atoms with van der Waals surface area (Å²) in [5, 5.41) is 4.03. The first-order valence-electron chi connectivity index (χ1n) is 6.74. The molecule has 1 aromatic heterocycles. The fourth-order valence-corrected chi connectivity index (χ4v) is 2.49. The lowest BCUT2D eigenvalue weighted by Gasteiger charge is -2.04. The molecule has 0 saturated heterocycles. The molecule has 0 aliphatic carbocycles. The second kappa shape index (κ2) is 4.63. The largest absolute Gasteiger partial charge is 0.482 e. The number of ether oxygens (including phenoxy) is 1. The lowest BCUT2D eigenvalue weighted by atomic mass is 10.1. The van der Waals surface area contributed by atoms with E-state index in [2.05, 4.69) is 10.1 Å². The van der Waals surface area contributed by atoms with Crippen LogP contribution in [0.25, 0.3) is 11.5 Å². The summed E-state index contributed by atoms with van der Waals surface area (Å²) in [7, 11) is 0. The fraction of sp³-hybridized carbons (Fsp3) is 0.125. The Bertz CT molecular complexity index is 772. The monoisotopic (exact) mass is 279 g/mol. The van der Waals surface area contributed by atoms with Crippen LogP contribution in [-0.4, -0.2) is 10.1 Å². The molecule has 0 spiro atoms. The van der Waals surface area contributed by atoms with Gasteiger partial charge in [0.2, 0.25) is 5.82 Å². The molecule has 1 aliphatic rings. The molecule has 1 atom stereocenters. The molecule has 1 aliphatic heterocycles. The third-order valence-electron chi connectivity index (χ3n) is 3.57. The lowest BCUT2D eigenvalue weighted by Crippen LogP contribution is -2.05. The van der Waals surface area contributed by atoms with Crippen LogP contribution in [0.5, 0.6) is 5.75 Å². The maximum Gasteiger partial charge on any atom is 0.260 e. The Kier molecular flexibility index (Phi) is 2.64. The number of hydrogen-bond acceptors (Lipinski definition) is 5. The minimum atomic E-state index is -0.204. The highest BCUT2D eigenvalue weighted by Gasteiger charge is 2.28. The Labute approximate surface area is 121 Å². The number of rotatable bonds is 2. The van der Waals surface area contributed by atoms with Crippen molar-refractivity contribution in [2.75, 3.05) is 5.73 Å². The van der Waals surface area contributed by atoms with E-state index in [0.717, 1.165) is 23.3 Å². The van der Waals surface area contributed by atoms with Crippen LogP contribution in [0, 0.1) is 0 Å². The number of benzene rings is 2. The Morgan fingerprint density at radius 2 is 1.86 bits per heavy atom. The van der Waals surface area contributed by atoms with E-state index in [-0.39, 0.29) is 6.10 Å². The Morgan fingerprint density at radius 1 is 1.05 bits per heavy atom. The molecule has 0 fully saturated rings. The predicted octanol–water partition coefficient (Wildman–Crippen LogP) is 3.00. The van der Waals surface area contributed by atoms with E-state index in [4.69, 9.17) is 15.0 Å². The second-order valence-electron chi connectivity index (χ2n) is 4.96. The van der Waals surface area contributed by atoms with Crippen LogP contribution in [0.2, 0.25) is 0 Å². The summed E-state index contributed by atoms with van der Waals surface area (Å²) in [5.74, 6) is 1.85. The van der Waals surface area contributed by atoms with Crippen molar-refractivity contribution in [3.63, 3.8) is 0 Å². The molecule has 2 aromatic carbocycles. The summed E-state index contributed by atoms with van der Waals surface area (Å²) in [6.45, 7) is 0. The number of fused-ring (bicyclic) bond motifs is 1. The Hall–Kier alpha value is -2.82. The minimum Gasteiger partial charge on any atom is -0.482 e. The molecule has 2 N–H and O–H groups in total. The van der Waals surface area contributed by atoms with Crippen molar-refractivity contribution >= 4 is 5.69 Å². The first-order valence-corrected chi connectivity index (χ1v) is 6.74. The van der Waals surface area contributed by atoms with Gasteiger partial charge in [0.15, 0.2) is 6.10 Å². The predicted molar refractivity (Wildman–Crippen MR) is 77.7 cm³/mol. The van der Waals surface area contributed by atoms with E-state index in [0.29, 0.717) is 17.4 Å². The summed E-state index contributed by atoms with van der Waals surface area (Å²) in [4.78, 5) is 4.42. The van der Waals surface area contributed by atoms with Crippen LogP contribution in [0.15, 0.2) is 53.1 Å². The molecule has 1 unspecified atom stereocenters. The normalized spacial score (nSPS) is 16.5.